The Morgan fingerprint density at radius 2 is 1.75 bits per heavy atom. The monoisotopic (exact) mass is 266 g/mol. The number of benzene rings is 1. The Kier molecular flexibility index (Phi) is 4.45. The lowest BCUT2D eigenvalue weighted by Crippen LogP contribution is -2.20. The van der Waals surface area contributed by atoms with E-state index in [4.69, 9.17) is 11.1 Å². The molecule has 1 aromatic carbocycles. The molecule has 0 saturated heterocycles. The quantitative estimate of drug-likeness (QED) is 0.414. The van der Waals surface area contributed by atoms with Crippen molar-refractivity contribution < 1.29 is 0 Å². The highest BCUT2D eigenvalue weighted by Gasteiger charge is 2.25. The van der Waals surface area contributed by atoms with E-state index in [9.17, 15) is 0 Å². The topological polar surface area (TPSA) is 97.5 Å². The van der Waals surface area contributed by atoms with Crippen molar-refractivity contribution in [2.75, 3.05) is 0 Å². The first-order valence-electron chi connectivity index (χ1n) is 6.33. The van der Waals surface area contributed by atoms with Crippen molar-refractivity contribution in [3.05, 3.63) is 80.6 Å². The van der Waals surface area contributed by atoms with E-state index in [0.29, 0.717) is 6.42 Å². The van der Waals surface area contributed by atoms with E-state index in [0.717, 1.165) is 18.4 Å². The number of hydrogen-bond donors (Lipinski definition) is 0. The molecule has 0 heterocycles. The van der Waals surface area contributed by atoms with E-state index >= 15 is 0 Å². The number of allylic oxidation sites excluding steroid dienone is 2. The lowest BCUT2D eigenvalue weighted by atomic mass is 9.94. The number of rotatable bonds is 5. The lowest BCUT2D eigenvalue weighted by Gasteiger charge is -2.21. The third kappa shape index (κ3) is 3.42. The van der Waals surface area contributed by atoms with Crippen LogP contribution in [-0.4, -0.2) is 5.66 Å². The zero-order valence-electron chi connectivity index (χ0n) is 10.9. The van der Waals surface area contributed by atoms with Gasteiger partial charge < -0.3 is 0 Å². The summed E-state index contributed by atoms with van der Waals surface area (Å²) in [6.45, 7) is 0. The lowest BCUT2D eigenvalue weighted by molar-refractivity contribution is 0.546. The molecule has 0 N–H and O–H groups in total. The minimum atomic E-state index is -1.13. The van der Waals surface area contributed by atoms with Crippen LogP contribution in [0.15, 0.2) is 64.4 Å². The molecule has 0 amide bonds. The number of aryl methyl sites for hydroxylation is 1. The van der Waals surface area contributed by atoms with Crippen LogP contribution in [0.5, 0.6) is 0 Å². The van der Waals surface area contributed by atoms with Crippen LogP contribution in [-0.2, 0) is 6.42 Å². The Balaban J connectivity index is 2.01. The SMILES string of the molecule is [N-]=[N+]=NC1(N=[N+]=[N-])C=CC(CCc2ccccc2)=CC1. The van der Waals surface area contributed by atoms with E-state index in [2.05, 4.69) is 32.2 Å². The molecule has 0 atom stereocenters. The highest BCUT2D eigenvalue weighted by atomic mass is 15.3. The van der Waals surface area contributed by atoms with Crippen molar-refractivity contribution in [3.63, 3.8) is 0 Å². The predicted octanol–water partition coefficient (Wildman–Crippen LogP) is 4.82. The van der Waals surface area contributed by atoms with Crippen LogP contribution >= 0.6 is 0 Å². The first-order chi connectivity index (χ1) is 9.78. The maximum Gasteiger partial charge on any atom is 0.149 e. The molecule has 6 nitrogen and oxygen atoms in total. The highest BCUT2D eigenvalue weighted by molar-refractivity contribution is 5.30. The Morgan fingerprint density at radius 1 is 1.05 bits per heavy atom. The zero-order chi connectivity index (χ0) is 14.3. The van der Waals surface area contributed by atoms with Gasteiger partial charge in [-0.2, -0.15) is 0 Å². The van der Waals surface area contributed by atoms with Crippen molar-refractivity contribution in [3.8, 4) is 0 Å². The molecule has 6 heteroatoms. The highest BCUT2D eigenvalue weighted by Crippen LogP contribution is 2.28. The summed E-state index contributed by atoms with van der Waals surface area (Å²) in [4.78, 5) is 5.50. The second kappa shape index (κ2) is 6.48. The summed E-state index contributed by atoms with van der Waals surface area (Å²) in [7, 11) is 0. The molecule has 0 fully saturated rings. The van der Waals surface area contributed by atoms with Crippen molar-refractivity contribution >= 4 is 0 Å². The van der Waals surface area contributed by atoms with Crippen molar-refractivity contribution in [2.24, 2.45) is 10.2 Å². The third-order valence-electron chi connectivity index (χ3n) is 3.21. The van der Waals surface area contributed by atoms with Crippen LogP contribution in [0, 0.1) is 0 Å². The van der Waals surface area contributed by atoms with Gasteiger partial charge in [-0.15, -0.1) is 0 Å². The first kappa shape index (κ1) is 13.7. The molecule has 0 aromatic heterocycles. The van der Waals surface area contributed by atoms with E-state index < -0.39 is 5.66 Å². The third-order valence-corrected chi connectivity index (χ3v) is 3.21. The Bertz CT molecular complexity index is 600. The maximum absolute atomic E-state index is 8.55. The zero-order valence-corrected chi connectivity index (χ0v) is 10.9. The van der Waals surface area contributed by atoms with Gasteiger partial charge in [0, 0.05) is 9.82 Å². The largest absolute Gasteiger partial charge is 0.149 e. The Labute approximate surface area is 116 Å². The Hall–Kier alpha value is -2.68. The standard InChI is InChI=1S/C14H14N6/c15-19-17-14(18-20-16)10-8-13(9-11-14)7-6-12-4-2-1-3-5-12/h1-5,8-10H,6-7,11H2. The number of nitrogens with zero attached hydrogens (tertiary/aromatic N) is 6. The van der Waals surface area contributed by atoms with Gasteiger partial charge in [0.2, 0.25) is 0 Å². The molecule has 1 aliphatic rings. The van der Waals surface area contributed by atoms with E-state index in [1.54, 1.807) is 6.08 Å². The average molecular weight is 266 g/mol. The van der Waals surface area contributed by atoms with Crippen LogP contribution in [0.1, 0.15) is 18.4 Å². The minimum absolute atomic E-state index is 0.405. The molecule has 0 unspecified atom stereocenters. The van der Waals surface area contributed by atoms with E-state index in [1.807, 2.05) is 30.4 Å². The molecule has 0 radical (unpaired) electrons. The van der Waals surface area contributed by atoms with Gasteiger partial charge in [-0.05, 0) is 35.9 Å². The van der Waals surface area contributed by atoms with Gasteiger partial charge in [0.25, 0.3) is 0 Å². The molecule has 0 aliphatic heterocycles. The second-order valence-electron chi connectivity index (χ2n) is 4.56. The van der Waals surface area contributed by atoms with Crippen LogP contribution in [0.2, 0.25) is 0 Å². The minimum Gasteiger partial charge on any atom is -0.0802 e. The van der Waals surface area contributed by atoms with Gasteiger partial charge in [0.05, 0.1) is 0 Å². The molecular formula is C14H14N6. The summed E-state index contributed by atoms with van der Waals surface area (Å²) in [5.74, 6) is 0. The van der Waals surface area contributed by atoms with Crippen LogP contribution in [0.25, 0.3) is 20.9 Å². The van der Waals surface area contributed by atoms with Gasteiger partial charge in [0.15, 0.2) is 0 Å². The van der Waals surface area contributed by atoms with Crippen molar-refractivity contribution in [1.29, 1.82) is 0 Å². The molecule has 1 aliphatic carbocycles. The second-order valence-corrected chi connectivity index (χ2v) is 4.56. The van der Waals surface area contributed by atoms with Gasteiger partial charge in [0.1, 0.15) is 5.66 Å². The molecule has 0 spiro atoms. The summed E-state index contributed by atoms with van der Waals surface area (Å²) in [5.41, 5.74) is 18.4. The van der Waals surface area contributed by atoms with E-state index in [-0.39, 0.29) is 0 Å². The van der Waals surface area contributed by atoms with Crippen molar-refractivity contribution in [2.45, 2.75) is 24.9 Å². The molecule has 2 rings (SSSR count). The van der Waals surface area contributed by atoms with Crippen LogP contribution in [0.3, 0.4) is 0 Å². The fourth-order valence-corrected chi connectivity index (χ4v) is 2.10. The summed E-state index contributed by atoms with van der Waals surface area (Å²) in [6.07, 6.45) is 7.77. The summed E-state index contributed by atoms with van der Waals surface area (Å²) in [5, 5.41) is 7.17. The van der Waals surface area contributed by atoms with Crippen LogP contribution < -0.4 is 0 Å². The summed E-state index contributed by atoms with van der Waals surface area (Å²) < 4.78 is 0. The molecule has 0 saturated carbocycles. The smallest absolute Gasteiger partial charge is 0.0802 e. The molecule has 20 heavy (non-hydrogen) atoms. The molecular weight excluding hydrogens is 252 g/mol. The normalized spacial score (nSPS) is 20.5. The molecule has 1 aromatic rings. The maximum atomic E-state index is 8.55. The fraction of sp³-hybridized carbons (Fsp3) is 0.286. The van der Waals surface area contributed by atoms with Gasteiger partial charge >= 0.3 is 0 Å². The molecule has 100 valence electrons. The van der Waals surface area contributed by atoms with Crippen LogP contribution in [0.4, 0.5) is 0 Å². The average Bonchev–Trinajstić information content (AvgIpc) is 2.48. The van der Waals surface area contributed by atoms with Crippen molar-refractivity contribution in [1.82, 2.24) is 0 Å². The first-order valence-corrected chi connectivity index (χ1v) is 6.33. The number of hydrogen-bond acceptors (Lipinski definition) is 2. The van der Waals surface area contributed by atoms with Gasteiger partial charge in [-0.1, -0.05) is 64.4 Å². The summed E-state index contributed by atoms with van der Waals surface area (Å²) >= 11 is 0. The van der Waals surface area contributed by atoms with E-state index in [1.165, 1.54) is 5.56 Å². The predicted molar refractivity (Wildman–Crippen MR) is 77.6 cm³/mol. The summed E-state index contributed by atoms with van der Waals surface area (Å²) in [6, 6.07) is 10.2. The molecule has 0 bridgehead atoms. The Morgan fingerprint density at radius 3 is 2.30 bits per heavy atom. The van der Waals surface area contributed by atoms with Gasteiger partial charge in [-0.3, -0.25) is 0 Å². The fourth-order valence-electron chi connectivity index (χ4n) is 2.10. The van der Waals surface area contributed by atoms with Gasteiger partial charge in [-0.25, -0.2) is 0 Å². The number of azide groups is 1.